The summed E-state index contributed by atoms with van der Waals surface area (Å²) in [4.78, 5) is 0. The molecular formula is C16H17FN4. The molecule has 21 heavy (non-hydrogen) atoms. The Kier molecular flexibility index (Phi) is 2.93. The van der Waals surface area contributed by atoms with Crippen LogP contribution in [0.1, 0.15) is 26.3 Å². The van der Waals surface area contributed by atoms with Gasteiger partial charge in [-0.2, -0.15) is 0 Å². The second-order valence-corrected chi connectivity index (χ2v) is 6.16. The molecule has 0 amide bonds. The Labute approximate surface area is 122 Å². The van der Waals surface area contributed by atoms with Crippen LogP contribution in [0.15, 0.2) is 36.5 Å². The molecule has 4 nitrogen and oxygen atoms in total. The summed E-state index contributed by atoms with van der Waals surface area (Å²) in [7, 11) is 0. The normalized spacial score (nSPS) is 12.0. The minimum absolute atomic E-state index is 0.0853. The molecule has 3 rings (SSSR count). The molecule has 2 aromatic heterocycles. The average Bonchev–Trinajstić information content (AvgIpc) is 2.82. The molecule has 3 aromatic rings. The molecule has 0 aliphatic rings. The van der Waals surface area contributed by atoms with Crippen molar-refractivity contribution < 1.29 is 4.39 Å². The molecule has 0 atom stereocenters. The summed E-state index contributed by atoms with van der Waals surface area (Å²) in [6.07, 6.45) is 1.35. The van der Waals surface area contributed by atoms with Gasteiger partial charge < -0.3 is 5.73 Å². The summed E-state index contributed by atoms with van der Waals surface area (Å²) < 4.78 is 15.1. The molecule has 2 heterocycles. The van der Waals surface area contributed by atoms with Crippen LogP contribution >= 0.6 is 0 Å². The number of fused-ring (bicyclic) bond motifs is 1. The fourth-order valence-corrected chi connectivity index (χ4v) is 2.30. The number of rotatable bonds is 1. The molecule has 1 aromatic carbocycles. The number of benzene rings is 1. The topological polar surface area (TPSA) is 56.2 Å². The highest BCUT2D eigenvalue weighted by Gasteiger charge is 2.15. The SMILES string of the molecule is CC(C)(C)c1ccc(-c2nnc3c(N)cc(F)cn23)cc1. The van der Waals surface area contributed by atoms with Crippen LogP contribution in [-0.4, -0.2) is 14.6 Å². The lowest BCUT2D eigenvalue weighted by atomic mass is 9.87. The number of nitrogens with zero attached hydrogens (tertiary/aromatic N) is 3. The van der Waals surface area contributed by atoms with E-state index in [2.05, 4.69) is 43.1 Å². The van der Waals surface area contributed by atoms with Crippen molar-refractivity contribution in [3.8, 4) is 11.4 Å². The first kappa shape index (κ1) is 13.5. The first-order chi connectivity index (χ1) is 9.86. The summed E-state index contributed by atoms with van der Waals surface area (Å²) in [5.41, 5.74) is 8.70. The number of hydrogen-bond acceptors (Lipinski definition) is 3. The molecule has 0 saturated carbocycles. The third-order valence-corrected chi connectivity index (χ3v) is 3.51. The highest BCUT2D eigenvalue weighted by molar-refractivity contribution is 5.69. The lowest BCUT2D eigenvalue weighted by Gasteiger charge is -2.18. The Morgan fingerprint density at radius 3 is 2.38 bits per heavy atom. The maximum Gasteiger partial charge on any atom is 0.184 e. The number of aromatic nitrogens is 3. The van der Waals surface area contributed by atoms with E-state index < -0.39 is 5.82 Å². The van der Waals surface area contributed by atoms with Crippen molar-refractivity contribution in [3.05, 3.63) is 47.9 Å². The van der Waals surface area contributed by atoms with E-state index in [0.29, 0.717) is 11.5 Å². The highest BCUT2D eigenvalue weighted by Crippen LogP contribution is 2.26. The van der Waals surface area contributed by atoms with Gasteiger partial charge in [0.05, 0.1) is 5.69 Å². The molecule has 5 heteroatoms. The zero-order valence-electron chi connectivity index (χ0n) is 12.3. The van der Waals surface area contributed by atoms with E-state index in [4.69, 9.17) is 5.73 Å². The Morgan fingerprint density at radius 2 is 1.76 bits per heavy atom. The zero-order valence-corrected chi connectivity index (χ0v) is 12.3. The number of anilines is 1. The fraction of sp³-hybridized carbons (Fsp3) is 0.250. The molecule has 0 bridgehead atoms. The Morgan fingerprint density at radius 1 is 1.10 bits per heavy atom. The number of pyridine rings is 1. The van der Waals surface area contributed by atoms with Gasteiger partial charge in [0.15, 0.2) is 11.5 Å². The summed E-state index contributed by atoms with van der Waals surface area (Å²) >= 11 is 0. The molecule has 2 N–H and O–H groups in total. The third-order valence-electron chi connectivity index (χ3n) is 3.51. The molecule has 0 unspecified atom stereocenters. The summed E-state index contributed by atoms with van der Waals surface area (Å²) in [6, 6.07) is 9.30. The van der Waals surface area contributed by atoms with Crippen molar-refractivity contribution in [1.29, 1.82) is 0 Å². The lowest BCUT2D eigenvalue weighted by Crippen LogP contribution is -2.10. The number of nitrogens with two attached hydrogens (primary N) is 1. The van der Waals surface area contributed by atoms with Crippen molar-refractivity contribution in [3.63, 3.8) is 0 Å². The monoisotopic (exact) mass is 284 g/mol. The van der Waals surface area contributed by atoms with Crippen molar-refractivity contribution in [1.82, 2.24) is 14.6 Å². The van der Waals surface area contributed by atoms with E-state index >= 15 is 0 Å². The maximum atomic E-state index is 13.5. The van der Waals surface area contributed by atoms with E-state index in [-0.39, 0.29) is 11.1 Å². The zero-order chi connectivity index (χ0) is 15.2. The molecule has 0 radical (unpaired) electrons. The van der Waals surface area contributed by atoms with Crippen LogP contribution in [0.25, 0.3) is 17.0 Å². The number of nitrogen functional groups attached to an aromatic ring is 1. The van der Waals surface area contributed by atoms with E-state index in [0.717, 1.165) is 5.56 Å². The molecule has 0 spiro atoms. The highest BCUT2D eigenvalue weighted by atomic mass is 19.1. The quantitative estimate of drug-likeness (QED) is 0.745. The second kappa shape index (κ2) is 4.55. The van der Waals surface area contributed by atoms with E-state index in [1.807, 2.05) is 12.1 Å². The Hall–Kier alpha value is -2.43. The molecule has 0 fully saturated rings. The van der Waals surface area contributed by atoms with Gasteiger partial charge in [-0.3, -0.25) is 4.40 Å². The predicted molar refractivity (Wildman–Crippen MR) is 81.5 cm³/mol. The first-order valence-electron chi connectivity index (χ1n) is 6.77. The van der Waals surface area contributed by atoms with Crippen LogP contribution in [0.4, 0.5) is 10.1 Å². The largest absolute Gasteiger partial charge is 0.396 e. The lowest BCUT2D eigenvalue weighted by molar-refractivity contribution is 0.590. The molecule has 0 saturated heterocycles. The molecule has 0 aliphatic heterocycles. The predicted octanol–water partition coefficient (Wildman–Crippen LogP) is 3.42. The molecule has 108 valence electrons. The third kappa shape index (κ3) is 2.35. The van der Waals surface area contributed by atoms with Crippen molar-refractivity contribution in [2.24, 2.45) is 0 Å². The van der Waals surface area contributed by atoms with Gasteiger partial charge in [-0.15, -0.1) is 10.2 Å². The molecular weight excluding hydrogens is 267 g/mol. The molecule has 0 aliphatic carbocycles. The standard InChI is InChI=1S/C16H17FN4/c1-16(2,3)11-6-4-10(5-7-11)14-19-20-15-13(18)8-12(17)9-21(14)15/h4-9H,18H2,1-3H3. The van der Waals surface area contributed by atoms with Crippen LogP contribution in [0.5, 0.6) is 0 Å². The number of halogens is 1. The maximum absolute atomic E-state index is 13.5. The van der Waals surface area contributed by atoms with Crippen LogP contribution in [0, 0.1) is 5.82 Å². The van der Waals surface area contributed by atoms with Crippen molar-refractivity contribution >= 4 is 11.3 Å². The van der Waals surface area contributed by atoms with Gasteiger partial charge in [0.1, 0.15) is 5.82 Å². The van der Waals surface area contributed by atoms with E-state index in [1.54, 1.807) is 4.40 Å². The fourth-order valence-electron chi connectivity index (χ4n) is 2.30. The Bertz CT molecular complexity index is 797. The van der Waals surface area contributed by atoms with Crippen molar-refractivity contribution in [2.45, 2.75) is 26.2 Å². The van der Waals surface area contributed by atoms with Gasteiger partial charge >= 0.3 is 0 Å². The van der Waals surface area contributed by atoms with Gasteiger partial charge in [0.25, 0.3) is 0 Å². The minimum Gasteiger partial charge on any atom is -0.396 e. The summed E-state index contributed by atoms with van der Waals surface area (Å²) in [5.74, 6) is 0.170. The van der Waals surface area contributed by atoms with E-state index in [9.17, 15) is 4.39 Å². The van der Waals surface area contributed by atoms with Gasteiger partial charge in [-0.05, 0) is 11.0 Å². The Balaban J connectivity index is 2.13. The summed E-state index contributed by atoms with van der Waals surface area (Å²) in [6.45, 7) is 6.47. The van der Waals surface area contributed by atoms with Gasteiger partial charge in [-0.25, -0.2) is 4.39 Å². The first-order valence-corrected chi connectivity index (χ1v) is 6.77. The second-order valence-electron chi connectivity index (χ2n) is 6.16. The van der Waals surface area contributed by atoms with Gasteiger partial charge in [0.2, 0.25) is 0 Å². The van der Waals surface area contributed by atoms with Crippen LogP contribution in [-0.2, 0) is 5.41 Å². The van der Waals surface area contributed by atoms with Crippen LogP contribution in [0.2, 0.25) is 0 Å². The van der Waals surface area contributed by atoms with Crippen LogP contribution < -0.4 is 5.73 Å². The minimum atomic E-state index is -0.410. The number of hydrogen-bond donors (Lipinski definition) is 1. The smallest absolute Gasteiger partial charge is 0.184 e. The summed E-state index contributed by atoms with van der Waals surface area (Å²) in [5, 5.41) is 8.15. The van der Waals surface area contributed by atoms with Crippen molar-refractivity contribution in [2.75, 3.05) is 5.73 Å². The van der Waals surface area contributed by atoms with Gasteiger partial charge in [-0.1, -0.05) is 45.0 Å². The van der Waals surface area contributed by atoms with E-state index in [1.165, 1.54) is 17.8 Å². The van der Waals surface area contributed by atoms with Crippen LogP contribution in [0.3, 0.4) is 0 Å². The average molecular weight is 284 g/mol. The van der Waals surface area contributed by atoms with Gasteiger partial charge in [0, 0.05) is 17.8 Å².